The summed E-state index contributed by atoms with van der Waals surface area (Å²) in [7, 11) is 1.65. The number of carbonyl (C=O) groups is 1. The van der Waals surface area contributed by atoms with Crippen molar-refractivity contribution in [3.8, 4) is 0 Å². The first-order valence-corrected chi connectivity index (χ1v) is 6.85. The number of hydrogen-bond donors (Lipinski definition) is 2. The lowest BCUT2D eigenvalue weighted by atomic mass is 10.2. The minimum absolute atomic E-state index is 0.0118. The molecule has 0 saturated carbocycles. The number of likely N-dealkylation sites (N-methyl/N-ethyl adjacent to an activating group) is 1. The highest BCUT2D eigenvalue weighted by Gasteiger charge is 2.11. The lowest BCUT2D eigenvalue weighted by molar-refractivity contribution is -0.119. The number of carbonyl (C=O) groups excluding carboxylic acids is 1. The Hall–Kier alpha value is -1.07. The van der Waals surface area contributed by atoms with Crippen LogP contribution in [0.4, 0.5) is 5.69 Å². The lowest BCUT2D eigenvalue weighted by Crippen LogP contribution is -2.36. The van der Waals surface area contributed by atoms with Crippen molar-refractivity contribution >= 4 is 27.5 Å². The van der Waals surface area contributed by atoms with Gasteiger partial charge in [0.1, 0.15) is 0 Å². The number of amides is 1. The fourth-order valence-corrected chi connectivity index (χ4v) is 2.28. The zero-order chi connectivity index (χ0) is 13.5. The fraction of sp³-hybridized carbons (Fsp3) is 0.462. The second kappa shape index (κ2) is 7.38. The minimum atomic E-state index is 0.0118. The predicted molar refractivity (Wildman–Crippen MR) is 78.6 cm³/mol. The predicted octanol–water partition coefficient (Wildman–Crippen LogP) is 1.87. The number of nitrogens with zero attached hydrogens (tertiary/aromatic N) is 1. The van der Waals surface area contributed by atoms with Gasteiger partial charge in [-0.3, -0.25) is 4.79 Å². The van der Waals surface area contributed by atoms with Crippen molar-refractivity contribution in [3.63, 3.8) is 0 Å². The Morgan fingerprint density at radius 3 is 2.72 bits per heavy atom. The molecule has 0 aliphatic carbocycles. The van der Waals surface area contributed by atoms with Crippen LogP contribution >= 0.6 is 15.9 Å². The van der Waals surface area contributed by atoms with Gasteiger partial charge in [0, 0.05) is 30.3 Å². The van der Waals surface area contributed by atoms with E-state index in [1.54, 1.807) is 7.05 Å². The molecule has 0 fully saturated rings. The molecular weight excluding hydrogens is 294 g/mol. The summed E-state index contributed by atoms with van der Waals surface area (Å²) in [5, 5.41) is 2.65. The first kappa shape index (κ1) is 15.0. The van der Waals surface area contributed by atoms with Gasteiger partial charge in [0.2, 0.25) is 5.91 Å². The normalized spacial score (nSPS) is 10.2. The summed E-state index contributed by atoms with van der Waals surface area (Å²) in [6.45, 7) is 3.80. The molecule has 0 saturated heterocycles. The van der Waals surface area contributed by atoms with Crippen molar-refractivity contribution in [2.75, 3.05) is 25.0 Å². The molecule has 0 aliphatic heterocycles. The lowest BCUT2D eigenvalue weighted by Gasteiger charge is -2.24. The number of halogens is 1. The average Bonchev–Trinajstić information content (AvgIpc) is 2.37. The molecule has 0 aliphatic rings. The Morgan fingerprint density at radius 1 is 1.44 bits per heavy atom. The maximum atomic E-state index is 11.5. The number of nitrogens with one attached hydrogen (secondary N) is 1. The van der Waals surface area contributed by atoms with Gasteiger partial charge in [-0.25, -0.2) is 0 Å². The minimum Gasteiger partial charge on any atom is -0.362 e. The second-order valence-electron chi connectivity index (χ2n) is 4.12. The summed E-state index contributed by atoms with van der Waals surface area (Å²) in [5.74, 6) is 0.0118. The molecule has 0 aromatic heterocycles. The standard InChI is InChI=1S/C13H20BrN3O/c1-3-4-17(9-13(18)16-2)12-6-10(8-15)5-11(14)7-12/h5-7H,3-4,8-9,15H2,1-2H3,(H,16,18). The van der Waals surface area contributed by atoms with Gasteiger partial charge in [-0.15, -0.1) is 0 Å². The van der Waals surface area contributed by atoms with Crippen LogP contribution in [0.2, 0.25) is 0 Å². The Labute approximate surface area is 117 Å². The van der Waals surface area contributed by atoms with E-state index in [1.165, 1.54) is 0 Å². The van der Waals surface area contributed by atoms with E-state index in [-0.39, 0.29) is 5.91 Å². The highest BCUT2D eigenvalue weighted by Crippen LogP contribution is 2.23. The molecule has 1 aromatic rings. The Kier molecular flexibility index (Phi) is 6.15. The molecule has 5 heteroatoms. The van der Waals surface area contributed by atoms with E-state index in [9.17, 15) is 4.79 Å². The highest BCUT2D eigenvalue weighted by atomic mass is 79.9. The van der Waals surface area contributed by atoms with Crippen LogP contribution in [0.1, 0.15) is 18.9 Å². The maximum Gasteiger partial charge on any atom is 0.239 e. The van der Waals surface area contributed by atoms with Crippen LogP contribution in [0.3, 0.4) is 0 Å². The first-order valence-electron chi connectivity index (χ1n) is 6.05. The molecule has 1 amide bonds. The average molecular weight is 314 g/mol. The molecule has 0 unspecified atom stereocenters. The Morgan fingerprint density at radius 2 is 2.17 bits per heavy atom. The van der Waals surface area contributed by atoms with E-state index < -0.39 is 0 Å². The number of benzene rings is 1. The largest absolute Gasteiger partial charge is 0.362 e. The monoisotopic (exact) mass is 313 g/mol. The molecule has 1 aromatic carbocycles. The molecule has 3 N–H and O–H groups in total. The highest BCUT2D eigenvalue weighted by molar-refractivity contribution is 9.10. The van der Waals surface area contributed by atoms with E-state index in [0.29, 0.717) is 13.1 Å². The Balaban J connectivity index is 2.96. The third kappa shape index (κ3) is 4.31. The van der Waals surface area contributed by atoms with Crippen molar-refractivity contribution in [1.29, 1.82) is 0 Å². The van der Waals surface area contributed by atoms with Gasteiger partial charge in [-0.2, -0.15) is 0 Å². The summed E-state index contributed by atoms with van der Waals surface area (Å²) < 4.78 is 0.985. The van der Waals surface area contributed by atoms with Crippen molar-refractivity contribution in [2.24, 2.45) is 5.73 Å². The van der Waals surface area contributed by atoms with Crippen LogP contribution in [0.25, 0.3) is 0 Å². The van der Waals surface area contributed by atoms with Crippen LogP contribution in [-0.4, -0.2) is 26.0 Å². The van der Waals surface area contributed by atoms with E-state index in [0.717, 1.165) is 28.7 Å². The van der Waals surface area contributed by atoms with E-state index in [1.807, 2.05) is 18.2 Å². The summed E-state index contributed by atoms with van der Waals surface area (Å²) in [6.07, 6.45) is 0.988. The third-order valence-electron chi connectivity index (χ3n) is 2.65. The SMILES string of the molecule is CCCN(CC(=O)NC)c1cc(Br)cc(CN)c1. The first-order chi connectivity index (χ1) is 8.60. The molecule has 0 bridgehead atoms. The van der Waals surface area contributed by atoms with E-state index in [4.69, 9.17) is 5.73 Å². The van der Waals surface area contributed by atoms with Crippen LogP contribution in [-0.2, 0) is 11.3 Å². The summed E-state index contributed by atoms with van der Waals surface area (Å²) in [4.78, 5) is 13.6. The zero-order valence-electron chi connectivity index (χ0n) is 10.9. The summed E-state index contributed by atoms with van der Waals surface area (Å²) >= 11 is 3.47. The second-order valence-corrected chi connectivity index (χ2v) is 5.03. The quantitative estimate of drug-likeness (QED) is 0.843. The van der Waals surface area contributed by atoms with E-state index in [2.05, 4.69) is 33.1 Å². The number of nitrogens with two attached hydrogens (primary N) is 1. The third-order valence-corrected chi connectivity index (χ3v) is 3.11. The maximum absolute atomic E-state index is 11.5. The number of hydrogen-bond acceptors (Lipinski definition) is 3. The van der Waals surface area contributed by atoms with Gasteiger partial charge in [0.25, 0.3) is 0 Å². The molecule has 18 heavy (non-hydrogen) atoms. The molecule has 0 radical (unpaired) electrons. The molecule has 4 nitrogen and oxygen atoms in total. The molecule has 0 atom stereocenters. The summed E-state index contributed by atoms with van der Waals surface area (Å²) in [6, 6.07) is 6.04. The van der Waals surface area contributed by atoms with Gasteiger partial charge in [-0.1, -0.05) is 22.9 Å². The molecule has 0 spiro atoms. The topological polar surface area (TPSA) is 58.4 Å². The van der Waals surface area contributed by atoms with Crippen LogP contribution in [0.15, 0.2) is 22.7 Å². The molecular formula is C13H20BrN3O. The van der Waals surface area contributed by atoms with Gasteiger partial charge in [-0.05, 0) is 30.2 Å². The van der Waals surface area contributed by atoms with E-state index >= 15 is 0 Å². The van der Waals surface area contributed by atoms with Crippen molar-refractivity contribution in [3.05, 3.63) is 28.2 Å². The van der Waals surface area contributed by atoms with Crippen molar-refractivity contribution in [1.82, 2.24) is 5.32 Å². The molecule has 1 rings (SSSR count). The Bertz CT molecular complexity index is 409. The molecule has 100 valence electrons. The van der Waals surface area contributed by atoms with Crippen molar-refractivity contribution in [2.45, 2.75) is 19.9 Å². The van der Waals surface area contributed by atoms with Crippen molar-refractivity contribution < 1.29 is 4.79 Å². The number of anilines is 1. The van der Waals surface area contributed by atoms with Crippen LogP contribution < -0.4 is 16.0 Å². The summed E-state index contributed by atoms with van der Waals surface area (Å²) in [5.41, 5.74) is 7.75. The number of rotatable bonds is 6. The van der Waals surface area contributed by atoms with Gasteiger partial charge < -0.3 is 16.0 Å². The van der Waals surface area contributed by atoms with Crippen LogP contribution in [0, 0.1) is 0 Å². The fourth-order valence-electron chi connectivity index (χ4n) is 1.76. The van der Waals surface area contributed by atoms with Crippen LogP contribution in [0.5, 0.6) is 0 Å². The van der Waals surface area contributed by atoms with Gasteiger partial charge in [0.15, 0.2) is 0 Å². The van der Waals surface area contributed by atoms with Gasteiger partial charge >= 0.3 is 0 Å². The zero-order valence-corrected chi connectivity index (χ0v) is 12.5. The van der Waals surface area contributed by atoms with Gasteiger partial charge in [0.05, 0.1) is 6.54 Å². The molecule has 0 heterocycles. The smallest absolute Gasteiger partial charge is 0.239 e.